The van der Waals surface area contributed by atoms with Crippen LogP contribution >= 0.6 is 15.9 Å². The van der Waals surface area contributed by atoms with E-state index in [0.29, 0.717) is 6.04 Å². The minimum absolute atomic E-state index is 0.421. The molecular formula is C14H18BrN. The Morgan fingerprint density at radius 3 is 2.81 bits per heavy atom. The minimum Gasteiger partial charge on any atom is -0.309 e. The first-order valence-corrected chi connectivity index (χ1v) is 6.38. The Labute approximate surface area is 107 Å². The third-order valence-corrected chi connectivity index (χ3v) is 3.54. The summed E-state index contributed by atoms with van der Waals surface area (Å²) in [6.45, 7) is 5.12. The lowest BCUT2D eigenvalue weighted by molar-refractivity contribution is 0.506. The second-order valence-corrected chi connectivity index (χ2v) is 4.83. The molecule has 1 atom stereocenters. The van der Waals surface area contributed by atoms with Crippen molar-refractivity contribution in [1.82, 2.24) is 5.32 Å². The summed E-state index contributed by atoms with van der Waals surface area (Å²) in [6, 6.07) is 6.86. The van der Waals surface area contributed by atoms with Gasteiger partial charge in [0.1, 0.15) is 0 Å². The molecule has 16 heavy (non-hydrogen) atoms. The highest BCUT2D eigenvalue weighted by Gasteiger charge is 2.04. The van der Waals surface area contributed by atoms with Gasteiger partial charge in [-0.15, -0.1) is 12.3 Å². The van der Waals surface area contributed by atoms with Crippen molar-refractivity contribution in [3.8, 4) is 12.3 Å². The van der Waals surface area contributed by atoms with E-state index in [1.54, 1.807) is 0 Å². The Morgan fingerprint density at radius 1 is 1.50 bits per heavy atom. The predicted molar refractivity (Wildman–Crippen MR) is 73.2 cm³/mol. The highest BCUT2D eigenvalue weighted by atomic mass is 79.9. The maximum Gasteiger partial charge on any atom is 0.0240 e. The molecule has 0 saturated carbocycles. The molecule has 0 aliphatic heterocycles. The predicted octanol–water partition coefficient (Wildman–Crippen LogP) is 3.65. The zero-order valence-electron chi connectivity index (χ0n) is 9.89. The third kappa shape index (κ3) is 4.00. The Morgan fingerprint density at radius 2 is 2.25 bits per heavy atom. The molecule has 1 rings (SSSR count). The van der Waals surface area contributed by atoms with Crippen molar-refractivity contribution < 1.29 is 0 Å². The molecule has 1 unspecified atom stereocenters. The van der Waals surface area contributed by atoms with Crippen molar-refractivity contribution >= 4 is 15.9 Å². The first kappa shape index (κ1) is 13.3. The van der Waals surface area contributed by atoms with Gasteiger partial charge in [-0.1, -0.05) is 35.0 Å². The summed E-state index contributed by atoms with van der Waals surface area (Å²) >= 11 is 3.54. The van der Waals surface area contributed by atoms with Crippen LogP contribution in [0.2, 0.25) is 0 Å². The maximum absolute atomic E-state index is 5.32. The zero-order valence-corrected chi connectivity index (χ0v) is 11.5. The Hall–Kier alpha value is -0.780. The van der Waals surface area contributed by atoms with Gasteiger partial charge in [0.15, 0.2) is 0 Å². The lowest BCUT2D eigenvalue weighted by atomic mass is 10.1. The quantitative estimate of drug-likeness (QED) is 0.812. The van der Waals surface area contributed by atoms with E-state index in [-0.39, 0.29) is 0 Å². The van der Waals surface area contributed by atoms with Crippen LogP contribution in [-0.2, 0) is 6.54 Å². The van der Waals surface area contributed by atoms with Gasteiger partial charge < -0.3 is 5.32 Å². The normalized spacial score (nSPS) is 12.1. The molecule has 1 aromatic carbocycles. The molecule has 0 saturated heterocycles. The molecule has 0 aliphatic carbocycles. The molecule has 0 radical (unpaired) electrons. The summed E-state index contributed by atoms with van der Waals surface area (Å²) in [5, 5.41) is 3.47. The average Bonchev–Trinajstić information content (AvgIpc) is 2.28. The topological polar surface area (TPSA) is 12.0 Å². The van der Waals surface area contributed by atoms with E-state index in [1.165, 1.54) is 11.1 Å². The number of nitrogens with one attached hydrogen (secondary N) is 1. The summed E-state index contributed by atoms with van der Waals surface area (Å²) in [4.78, 5) is 0. The van der Waals surface area contributed by atoms with Crippen LogP contribution in [0, 0.1) is 19.3 Å². The maximum atomic E-state index is 5.32. The lowest BCUT2D eigenvalue weighted by Gasteiger charge is -2.14. The van der Waals surface area contributed by atoms with E-state index in [2.05, 4.69) is 59.2 Å². The van der Waals surface area contributed by atoms with E-state index in [1.807, 2.05) is 0 Å². The van der Waals surface area contributed by atoms with Crippen LogP contribution < -0.4 is 5.32 Å². The number of benzene rings is 1. The molecule has 1 N–H and O–H groups in total. The Balaban J connectivity index is 2.54. The standard InChI is InChI=1S/C14H18BrN/c1-4-6-13(5-2)16-10-12-8-7-11(3)14(15)9-12/h1,7-9,13,16H,5-6,10H2,2-3H3. The SMILES string of the molecule is C#CCC(CC)NCc1ccc(C)c(Br)c1. The van der Waals surface area contributed by atoms with Gasteiger partial charge >= 0.3 is 0 Å². The van der Waals surface area contributed by atoms with Crippen molar-refractivity contribution in [3.63, 3.8) is 0 Å². The van der Waals surface area contributed by atoms with Crippen LogP contribution in [0.25, 0.3) is 0 Å². The van der Waals surface area contributed by atoms with Gasteiger partial charge in [-0.25, -0.2) is 0 Å². The molecule has 0 aliphatic rings. The highest BCUT2D eigenvalue weighted by molar-refractivity contribution is 9.10. The molecule has 0 fully saturated rings. The van der Waals surface area contributed by atoms with Crippen LogP contribution in [0.3, 0.4) is 0 Å². The average molecular weight is 280 g/mol. The fourth-order valence-electron chi connectivity index (χ4n) is 1.51. The molecular weight excluding hydrogens is 262 g/mol. The van der Waals surface area contributed by atoms with Gasteiger partial charge in [-0.3, -0.25) is 0 Å². The van der Waals surface area contributed by atoms with Crippen LogP contribution in [0.5, 0.6) is 0 Å². The molecule has 1 nitrogen and oxygen atoms in total. The molecule has 86 valence electrons. The summed E-state index contributed by atoms with van der Waals surface area (Å²) in [6.07, 6.45) is 7.18. The van der Waals surface area contributed by atoms with Crippen molar-refractivity contribution in [2.45, 2.75) is 39.3 Å². The summed E-state index contributed by atoms with van der Waals surface area (Å²) in [7, 11) is 0. The summed E-state index contributed by atoms with van der Waals surface area (Å²) in [5.74, 6) is 2.70. The number of aryl methyl sites for hydroxylation is 1. The zero-order chi connectivity index (χ0) is 12.0. The number of hydrogen-bond donors (Lipinski definition) is 1. The van der Waals surface area contributed by atoms with E-state index in [9.17, 15) is 0 Å². The first-order valence-electron chi connectivity index (χ1n) is 5.59. The summed E-state index contributed by atoms with van der Waals surface area (Å²) < 4.78 is 1.16. The third-order valence-electron chi connectivity index (χ3n) is 2.69. The minimum atomic E-state index is 0.421. The molecule has 0 aromatic heterocycles. The van der Waals surface area contributed by atoms with Crippen molar-refractivity contribution in [2.24, 2.45) is 0 Å². The molecule has 2 heteroatoms. The van der Waals surface area contributed by atoms with Crippen LogP contribution in [0.15, 0.2) is 22.7 Å². The number of halogens is 1. The number of rotatable bonds is 5. The largest absolute Gasteiger partial charge is 0.309 e. The number of hydrogen-bond acceptors (Lipinski definition) is 1. The smallest absolute Gasteiger partial charge is 0.0240 e. The fourth-order valence-corrected chi connectivity index (χ4v) is 1.94. The van der Waals surface area contributed by atoms with Gasteiger partial charge in [-0.05, 0) is 30.5 Å². The second kappa shape index (κ2) is 6.73. The Bertz CT molecular complexity index is 379. The molecule has 0 spiro atoms. The van der Waals surface area contributed by atoms with Crippen LogP contribution in [0.4, 0.5) is 0 Å². The van der Waals surface area contributed by atoms with Crippen molar-refractivity contribution in [2.75, 3.05) is 0 Å². The van der Waals surface area contributed by atoms with Crippen LogP contribution in [-0.4, -0.2) is 6.04 Å². The highest BCUT2D eigenvalue weighted by Crippen LogP contribution is 2.17. The van der Waals surface area contributed by atoms with E-state index >= 15 is 0 Å². The number of terminal acetylenes is 1. The van der Waals surface area contributed by atoms with Gasteiger partial charge in [0.2, 0.25) is 0 Å². The first-order chi connectivity index (χ1) is 7.67. The van der Waals surface area contributed by atoms with E-state index in [4.69, 9.17) is 6.42 Å². The van der Waals surface area contributed by atoms with E-state index in [0.717, 1.165) is 23.9 Å². The van der Waals surface area contributed by atoms with Gasteiger partial charge in [0.25, 0.3) is 0 Å². The van der Waals surface area contributed by atoms with Gasteiger partial charge in [-0.2, -0.15) is 0 Å². The second-order valence-electron chi connectivity index (χ2n) is 3.98. The van der Waals surface area contributed by atoms with Gasteiger partial charge in [0, 0.05) is 23.5 Å². The van der Waals surface area contributed by atoms with E-state index < -0.39 is 0 Å². The molecule has 0 amide bonds. The molecule has 0 bridgehead atoms. The molecule has 1 aromatic rings. The fraction of sp³-hybridized carbons (Fsp3) is 0.429. The van der Waals surface area contributed by atoms with Crippen LogP contribution in [0.1, 0.15) is 30.9 Å². The van der Waals surface area contributed by atoms with Gasteiger partial charge in [0.05, 0.1) is 0 Å². The Kier molecular flexibility index (Phi) is 5.59. The molecule has 0 heterocycles. The van der Waals surface area contributed by atoms with Crippen molar-refractivity contribution in [1.29, 1.82) is 0 Å². The summed E-state index contributed by atoms with van der Waals surface area (Å²) in [5.41, 5.74) is 2.55. The lowest BCUT2D eigenvalue weighted by Crippen LogP contribution is -2.27. The van der Waals surface area contributed by atoms with Crippen molar-refractivity contribution in [3.05, 3.63) is 33.8 Å². The monoisotopic (exact) mass is 279 g/mol.